The Morgan fingerprint density at radius 2 is 1.64 bits per heavy atom. The van der Waals surface area contributed by atoms with Gasteiger partial charge in [-0.3, -0.25) is 9.59 Å². The predicted octanol–water partition coefficient (Wildman–Crippen LogP) is 8.95. The van der Waals surface area contributed by atoms with Gasteiger partial charge in [-0.25, -0.2) is 10.4 Å². The first kappa shape index (κ1) is 33.4. The van der Waals surface area contributed by atoms with Crippen molar-refractivity contribution in [2.24, 2.45) is 5.10 Å². The molecule has 5 aromatic rings. The van der Waals surface area contributed by atoms with Crippen LogP contribution in [0.25, 0.3) is 22.2 Å². The number of benzene rings is 4. The Bertz CT molecular complexity index is 1930. The van der Waals surface area contributed by atoms with Crippen LogP contribution >= 0.6 is 23.2 Å². The van der Waals surface area contributed by atoms with Gasteiger partial charge in [0.1, 0.15) is 11.5 Å². The summed E-state index contributed by atoms with van der Waals surface area (Å²) in [5.74, 6) is 0.719. The molecule has 5 rings (SSSR count). The molecule has 0 unspecified atom stereocenters. The number of hydrazone groups is 1. The molecule has 0 aliphatic rings. The van der Waals surface area contributed by atoms with Crippen LogP contribution < -0.4 is 20.2 Å². The topological polar surface area (TPSA) is 102 Å². The van der Waals surface area contributed by atoms with E-state index in [4.69, 9.17) is 37.7 Å². The van der Waals surface area contributed by atoms with E-state index in [9.17, 15) is 9.59 Å². The normalized spacial score (nSPS) is 11.4. The molecule has 1 aromatic heterocycles. The summed E-state index contributed by atoms with van der Waals surface area (Å²) in [5.41, 5.74) is 7.29. The zero-order chi connectivity index (χ0) is 33.3. The van der Waals surface area contributed by atoms with Gasteiger partial charge in [0.05, 0.1) is 40.2 Å². The van der Waals surface area contributed by atoms with E-state index in [0.29, 0.717) is 68.1 Å². The van der Waals surface area contributed by atoms with Gasteiger partial charge in [-0.2, -0.15) is 5.10 Å². The lowest BCUT2D eigenvalue weighted by atomic mass is 10.0. The third-order valence-electron chi connectivity index (χ3n) is 7.10. The largest absolute Gasteiger partial charge is 0.492 e. The molecule has 0 radical (unpaired) electrons. The van der Waals surface area contributed by atoms with Crippen LogP contribution in [-0.4, -0.2) is 35.2 Å². The fraction of sp³-hybridized carbons (Fsp3) is 0.189. The Balaban J connectivity index is 1.21. The number of carbonyl (C=O) groups is 2. The van der Waals surface area contributed by atoms with Crippen LogP contribution in [-0.2, 0) is 4.79 Å². The first-order chi connectivity index (χ1) is 22.7. The van der Waals surface area contributed by atoms with Gasteiger partial charge in [0.15, 0.2) is 0 Å². The van der Waals surface area contributed by atoms with Gasteiger partial charge in [0.25, 0.3) is 5.91 Å². The molecule has 47 heavy (non-hydrogen) atoms. The molecule has 10 heteroatoms. The van der Waals surface area contributed by atoms with E-state index in [2.05, 4.69) is 15.8 Å². The maximum Gasteiger partial charge on any atom is 0.272 e. The number of amides is 2. The van der Waals surface area contributed by atoms with Gasteiger partial charge in [-0.05, 0) is 87.4 Å². The number of pyridine rings is 1. The molecule has 1 heterocycles. The molecule has 2 amide bonds. The van der Waals surface area contributed by atoms with Crippen LogP contribution in [0.1, 0.15) is 49.5 Å². The van der Waals surface area contributed by atoms with Crippen LogP contribution in [0, 0.1) is 0 Å². The number of rotatable bonds is 12. The SMILES string of the molecule is CC(=NNC(=O)c1cc(-c2ccccc2OC(C)C)nc2ccccc12)c1ccc(NC(=O)CCCOc2ccc(Cl)cc2Cl)cc1. The molecule has 0 saturated carbocycles. The minimum absolute atomic E-state index is 0.0195. The van der Waals surface area contributed by atoms with Crippen LogP contribution in [0.3, 0.4) is 0 Å². The zero-order valence-corrected chi connectivity index (χ0v) is 27.7. The van der Waals surface area contributed by atoms with Crippen molar-refractivity contribution in [2.45, 2.75) is 39.7 Å². The van der Waals surface area contributed by atoms with E-state index in [1.54, 1.807) is 43.3 Å². The Morgan fingerprint density at radius 3 is 2.40 bits per heavy atom. The van der Waals surface area contributed by atoms with Crippen LogP contribution in [0.15, 0.2) is 102 Å². The Hall–Kier alpha value is -4.92. The summed E-state index contributed by atoms with van der Waals surface area (Å²) >= 11 is 12.0. The van der Waals surface area contributed by atoms with E-state index in [-0.39, 0.29) is 24.3 Å². The second-order valence-electron chi connectivity index (χ2n) is 11.0. The summed E-state index contributed by atoms with van der Waals surface area (Å²) in [6.07, 6.45) is 0.774. The highest BCUT2D eigenvalue weighted by Crippen LogP contribution is 2.32. The molecule has 240 valence electrons. The minimum atomic E-state index is -0.363. The van der Waals surface area contributed by atoms with E-state index in [1.807, 2.05) is 74.5 Å². The number of carbonyl (C=O) groups excluding carboxylic acids is 2. The molecule has 0 fully saturated rings. The fourth-order valence-corrected chi connectivity index (χ4v) is 5.28. The van der Waals surface area contributed by atoms with Crippen LogP contribution in [0.5, 0.6) is 11.5 Å². The third-order valence-corrected chi connectivity index (χ3v) is 7.63. The van der Waals surface area contributed by atoms with Crippen molar-refractivity contribution in [3.63, 3.8) is 0 Å². The van der Waals surface area contributed by atoms with Gasteiger partial charge < -0.3 is 14.8 Å². The van der Waals surface area contributed by atoms with Crippen molar-refractivity contribution in [2.75, 3.05) is 11.9 Å². The van der Waals surface area contributed by atoms with Crippen molar-refractivity contribution in [3.05, 3.63) is 118 Å². The average Bonchev–Trinajstić information content (AvgIpc) is 3.06. The fourth-order valence-electron chi connectivity index (χ4n) is 4.82. The van der Waals surface area contributed by atoms with Crippen molar-refractivity contribution >= 4 is 57.3 Å². The summed E-state index contributed by atoms with van der Waals surface area (Å²) in [6, 6.07) is 29.2. The molecule has 0 aliphatic heterocycles. The van der Waals surface area contributed by atoms with Crippen molar-refractivity contribution < 1.29 is 19.1 Å². The van der Waals surface area contributed by atoms with Gasteiger partial charge in [-0.15, -0.1) is 0 Å². The van der Waals surface area contributed by atoms with Gasteiger partial charge in [0, 0.05) is 28.1 Å². The third kappa shape index (κ3) is 8.87. The molecular formula is C37H34Cl2N4O4. The first-order valence-corrected chi connectivity index (χ1v) is 15.9. The van der Waals surface area contributed by atoms with Gasteiger partial charge in [-0.1, -0.05) is 65.7 Å². The lowest BCUT2D eigenvalue weighted by molar-refractivity contribution is -0.116. The maximum atomic E-state index is 13.5. The minimum Gasteiger partial charge on any atom is -0.492 e. The highest BCUT2D eigenvalue weighted by molar-refractivity contribution is 6.35. The van der Waals surface area contributed by atoms with E-state index >= 15 is 0 Å². The average molecular weight is 670 g/mol. The van der Waals surface area contributed by atoms with Crippen LogP contribution in [0.4, 0.5) is 5.69 Å². The standard InChI is InChI=1S/C37H34Cl2N4O4/c1-23(2)47-34-12-7-5-10-29(34)33-22-30(28-9-4-6-11-32(28)41-33)37(45)43-42-24(3)25-14-17-27(18-15-25)40-36(44)13-8-20-46-35-19-16-26(38)21-31(35)39/h4-7,9-12,14-19,21-23H,8,13,20H2,1-3H3,(H,40,44)(H,43,45). The van der Waals surface area contributed by atoms with E-state index < -0.39 is 0 Å². The lowest BCUT2D eigenvalue weighted by Gasteiger charge is -2.15. The Kier molecular flexibility index (Phi) is 11.1. The molecule has 4 aromatic carbocycles. The number of nitrogens with one attached hydrogen (secondary N) is 2. The van der Waals surface area contributed by atoms with Gasteiger partial charge in [0.2, 0.25) is 5.91 Å². The Labute approximate surface area is 283 Å². The second kappa shape index (κ2) is 15.6. The quantitative estimate of drug-likeness (QED) is 0.0785. The Morgan fingerprint density at radius 1 is 0.894 bits per heavy atom. The number of hydrogen-bond donors (Lipinski definition) is 2. The summed E-state index contributed by atoms with van der Waals surface area (Å²) in [4.78, 5) is 30.8. The monoisotopic (exact) mass is 668 g/mol. The smallest absolute Gasteiger partial charge is 0.272 e. The summed E-state index contributed by atoms with van der Waals surface area (Å²) in [7, 11) is 0. The number of halogens is 2. The number of para-hydroxylation sites is 2. The van der Waals surface area contributed by atoms with E-state index in [1.165, 1.54) is 0 Å². The summed E-state index contributed by atoms with van der Waals surface area (Å²) in [5, 5.41) is 8.92. The highest BCUT2D eigenvalue weighted by atomic mass is 35.5. The molecule has 2 N–H and O–H groups in total. The number of anilines is 1. The van der Waals surface area contributed by atoms with E-state index in [0.717, 1.165) is 11.1 Å². The lowest BCUT2D eigenvalue weighted by Crippen LogP contribution is -2.20. The molecule has 0 spiro atoms. The molecule has 0 bridgehead atoms. The second-order valence-corrected chi connectivity index (χ2v) is 11.9. The molecule has 0 saturated heterocycles. The number of hydrogen-bond acceptors (Lipinski definition) is 6. The summed E-state index contributed by atoms with van der Waals surface area (Å²) in [6.45, 7) is 6.07. The number of aromatic nitrogens is 1. The van der Waals surface area contributed by atoms with Gasteiger partial charge >= 0.3 is 0 Å². The molecular weight excluding hydrogens is 635 g/mol. The van der Waals surface area contributed by atoms with Crippen LogP contribution in [0.2, 0.25) is 10.0 Å². The molecule has 0 atom stereocenters. The molecule has 0 aliphatic carbocycles. The maximum absolute atomic E-state index is 13.5. The number of fused-ring (bicyclic) bond motifs is 1. The summed E-state index contributed by atoms with van der Waals surface area (Å²) < 4.78 is 11.7. The highest BCUT2D eigenvalue weighted by Gasteiger charge is 2.16. The first-order valence-electron chi connectivity index (χ1n) is 15.2. The van der Waals surface area contributed by atoms with Crippen molar-refractivity contribution in [3.8, 4) is 22.8 Å². The molecule has 8 nitrogen and oxygen atoms in total. The van der Waals surface area contributed by atoms with Crippen molar-refractivity contribution in [1.29, 1.82) is 0 Å². The predicted molar refractivity (Wildman–Crippen MR) is 189 cm³/mol. The number of nitrogens with zero attached hydrogens (tertiary/aromatic N) is 2. The van der Waals surface area contributed by atoms with Crippen molar-refractivity contribution in [1.82, 2.24) is 10.4 Å². The number of ether oxygens (including phenoxy) is 2. The zero-order valence-electron chi connectivity index (χ0n) is 26.2.